The van der Waals surface area contributed by atoms with Crippen molar-refractivity contribution in [2.24, 2.45) is 0 Å². The van der Waals surface area contributed by atoms with E-state index in [9.17, 15) is 14.9 Å². The molecule has 8 nitrogen and oxygen atoms in total. The van der Waals surface area contributed by atoms with Crippen LogP contribution >= 0.6 is 0 Å². The number of carboxylic acid groups (broad SMARTS) is 1. The third kappa shape index (κ3) is 3.95. The molecule has 0 heterocycles. The first kappa shape index (κ1) is 12.7. The average molecular weight is 242 g/mol. The number of anilines is 1. The Morgan fingerprint density at radius 2 is 2.29 bits per heavy atom. The summed E-state index contributed by atoms with van der Waals surface area (Å²) in [7, 11) is 0. The molecule has 0 saturated carbocycles. The Bertz CT molecular complexity index is 422. The molecule has 1 rings (SSSR count). The Kier molecular flexibility index (Phi) is 4.23. The van der Waals surface area contributed by atoms with Crippen LogP contribution in [0.3, 0.4) is 0 Å². The largest absolute Gasteiger partial charge is 0.465 e. The van der Waals surface area contributed by atoms with E-state index in [2.05, 4.69) is 5.32 Å². The van der Waals surface area contributed by atoms with Gasteiger partial charge in [-0.1, -0.05) is 6.07 Å². The zero-order chi connectivity index (χ0) is 12.8. The molecule has 8 heteroatoms. The average Bonchev–Trinajstić information content (AvgIpc) is 2.25. The highest BCUT2D eigenvalue weighted by molar-refractivity contribution is 5.83. The molecule has 0 aliphatic heterocycles. The van der Waals surface area contributed by atoms with E-state index in [1.165, 1.54) is 24.3 Å². The van der Waals surface area contributed by atoms with Crippen LogP contribution in [-0.2, 0) is 0 Å². The molecule has 1 amide bonds. The fourth-order valence-electron chi connectivity index (χ4n) is 1.07. The van der Waals surface area contributed by atoms with Crippen molar-refractivity contribution >= 4 is 11.8 Å². The first-order valence-corrected chi connectivity index (χ1v) is 4.54. The summed E-state index contributed by atoms with van der Waals surface area (Å²) < 4.78 is 4.87. The minimum atomic E-state index is -1.57. The lowest BCUT2D eigenvalue weighted by atomic mass is 10.3. The minimum absolute atomic E-state index is 0.0898. The highest BCUT2D eigenvalue weighted by Gasteiger charge is 2.20. The summed E-state index contributed by atoms with van der Waals surface area (Å²) in [6.07, 6.45) is -2.83. The number of amides is 1. The predicted molar refractivity (Wildman–Crippen MR) is 56.6 cm³/mol. The van der Waals surface area contributed by atoms with Crippen LogP contribution in [0.15, 0.2) is 24.3 Å². The molecule has 1 atom stereocenters. The maximum Gasteiger partial charge on any atom is 0.409 e. The van der Waals surface area contributed by atoms with E-state index < -0.39 is 23.9 Å². The van der Waals surface area contributed by atoms with Gasteiger partial charge in [0.2, 0.25) is 0 Å². The number of aliphatic hydroxyl groups excluding tert-OH is 1. The summed E-state index contributed by atoms with van der Waals surface area (Å²) in [5, 5.41) is 29.6. The molecule has 17 heavy (non-hydrogen) atoms. The van der Waals surface area contributed by atoms with Crippen molar-refractivity contribution in [3.05, 3.63) is 34.4 Å². The van der Waals surface area contributed by atoms with Crippen molar-refractivity contribution < 1.29 is 24.7 Å². The number of rotatable bonds is 5. The van der Waals surface area contributed by atoms with Gasteiger partial charge in [-0.3, -0.25) is 15.4 Å². The number of nitro groups is 1. The summed E-state index contributed by atoms with van der Waals surface area (Å²) in [5.41, 5.74) is 0.218. The topological polar surface area (TPSA) is 122 Å². The van der Waals surface area contributed by atoms with E-state index >= 15 is 0 Å². The Morgan fingerprint density at radius 3 is 2.82 bits per heavy atom. The van der Waals surface area contributed by atoms with Gasteiger partial charge in [-0.2, -0.15) is 0 Å². The SMILES string of the molecule is O=C(O)Nc1cccc(OC(CO)[N+](=O)[O-])c1. The van der Waals surface area contributed by atoms with Gasteiger partial charge >= 0.3 is 12.3 Å². The maximum atomic E-state index is 10.4. The summed E-state index contributed by atoms with van der Waals surface area (Å²) in [6, 6.07) is 5.62. The summed E-state index contributed by atoms with van der Waals surface area (Å²) in [6.45, 7) is -0.774. The lowest BCUT2D eigenvalue weighted by molar-refractivity contribution is -0.565. The van der Waals surface area contributed by atoms with Crippen molar-refractivity contribution in [2.45, 2.75) is 6.23 Å². The minimum Gasteiger partial charge on any atom is -0.465 e. The third-order valence-electron chi connectivity index (χ3n) is 1.75. The quantitative estimate of drug-likeness (QED) is 0.398. The van der Waals surface area contributed by atoms with Gasteiger partial charge in [0.1, 0.15) is 12.4 Å². The molecule has 1 unspecified atom stereocenters. The molecule has 1 aromatic carbocycles. The fraction of sp³-hybridized carbons (Fsp3) is 0.222. The number of nitrogens with one attached hydrogen (secondary N) is 1. The Morgan fingerprint density at radius 1 is 1.59 bits per heavy atom. The van der Waals surface area contributed by atoms with Crippen molar-refractivity contribution in [1.82, 2.24) is 0 Å². The van der Waals surface area contributed by atoms with Gasteiger partial charge in [-0.15, -0.1) is 0 Å². The molecular weight excluding hydrogens is 232 g/mol. The number of ether oxygens (including phenoxy) is 1. The second-order valence-electron chi connectivity index (χ2n) is 3.00. The molecule has 92 valence electrons. The lowest BCUT2D eigenvalue weighted by Gasteiger charge is -2.10. The van der Waals surface area contributed by atoms with Gasteiger partial charge in [0.25, 0.3) is 0 Å². The number of nitrogens with zero attached hydrogens (tertiary/aromatic N) is 1. The normalized spacial score (nSPS) is 11.6. The van der Waals surface area contributed by atoms with E-state index in [4.69, 9.17) is 14.9 Å². The van der Waals surface area contributed by atoms with Crippen LogP contribution in [0, 0.1) is 10.1 Å². The molecule has 0 aliphatic carbocycles. The molecule has 0 aromatic heterocycles. The number of carbonyl (C=O) groups is 1. The Hall–Kier alpha value is -2.35. The predicted octanol–water partition coefficient (Wildman–Crippen LogP) is 0.750. The van der Waals surface area contributed by atoms with Crippen LogP contribution in [0.5, 0.6) is 5.75 Å². The van der Waals surface area contributed by atoms with Crippen molar-refractivity contribution in [3.8, 4) is 5.75 Å². The van der Waals surface area contributed by atoms with Gasteiger partial charge in [0.05, 0.1) is 4.92 Å². The third-order valence-corrected chi connectivity index (χ3v) is 1.75. The fourth-order valence-corrected chi connectivity index (χ4v) is 1.07. The number of hydrogen-bond acceptors (Lipinski definition) is 5. The van der Waals surface area contributed by atoms with Gasteiger partial charge in [-0.25, -0.2) is 4.79 Å². The van der Waals surface area contributed by atoms with Crippen LogP contribution in [0.4, 0.5) is 10.5 Å². The van der Waals surface area contributed by atoms with Crippen LogP contribution in [0.25, 0.3) is 0 Å². The number of benzene rings is 1. The molecule has 0 saturated heterocycles. The van der Waals surface area contributed by atoms with Crippen molar-refractivity contribution in [3.63, 3.8) is 0 Å². The van der Waals surface area contributed by atoms with Crippen molar-refractivity contribution in [1.29, 1.82) is 0 Å². The van der Waals surface area contributed by atoms with Gasteiger partial charge in [0, 0.05) is 11.8 Å². The summed E-state index contributed by atoms with van der Waals surface area (Å²) in [4.78, 5) is 20.0. The van der Waals surface area contributed by atoms with E-state index in [-0.39, 0.29) is 11.4 Å². The van der Waals surface area contributed by atoms with E-state index in [1.54, 1.807) is 0 Å². The van der Waals surface area contributed by atoms with Crippen molar-refractivity contribution in [2.75, 3.05) is 11.9 Å². The lowest BCUT2D eigenvalue weighted by Crippen LogP contribution is -2.30. The van der Waals surface area contributed by atoms with Gasteiger partial charge in [-0.05, 0) is 12.1 Å². The monoisotopic (exact) mass is 242 g/mol. The molecule has 1 aromatic rings. The zero-order valence-electron chi connectivity index (χ0n) is 8.57. The molecule has 3 N–H and O–H groups in total. The zero-order valence-corrected chi connectivity index (χ0v) is 8.57. The maximum absolute atomic E-state index is 10.4. The van der Waals surface area contributed by atoms with Crippen LogP contribution in [0.2, 0.25) is 0 Å². The van der Waals surface area contributed by atoms with E-state index in [0.29, 0.717) is 0 Å². The standard InChI is InChI=1S/C9H10N2O6/c12-5-8(11(15)16)17-7-3-1-2-6(4-7)10-9(13)14/h1-4,8,10,12H,5H2,(H,13,14). The number of aliphatic hydroxyl groups is 1. The van der Waals surface area contributed by atoms with Crippen LogP contribution in [-0.4, -0.2) is 34.1 Å². The van der Waals surface area contributed by atoms with Gasteiger partial charge in [0.15, 0.2) is 0 Å². The smallest absolute Gasteiger partial charge is 0.409 e. The highest BCUT2D eigenvalue weighted by Crippen LogP contribution is 2.18. The van der Waals surface area contributed by atoms with Gasteiger partial charge < -0.3 is 14.9 Å². The Labute approximate surface area is 95.6 Å². The summed E-state index contributed by atoms with van der Waals surface area (Å²) in [5.74, 6) is 0.0898. The first-order chi connectivity index (χ1) is 8.02. The molecule has 0 bridgehead atoms. The number of hydrogen-bond donors (Lipinski definition) is 3. The molecule has 0 fully saturated rings. The van der Waals surface area contributed by atoms with Crippen LogP contribution < -0.4 is 10.1 Å². The second-order valence-corrected chi connectivity index (χ2v) is 3.00. The Balaban J connectivity index is 2.77. The van der Waals surface area contributed by atoms with E-state index in [1.807, 2.05) is 0 Å². The van der Waals surface area contributed by atoms with E-state index in [0.717, 1.165) is 0 Å². The highest BCUT2D eigenvalue weighted by atomic mass is 16.7. The molecule has 0 radical (unpaired) electrons. The van der Waals surface area contributed by atoms with Crippen LogP contribution in [0.1, 0.15) is 0 Å². The molecule has 0 aliphatic rings. The second kappa shape index (κ2) is 5.66. The molecular formula is C9H10N2O6. The summed E-state index contributed by atoms with van der Waals surface area (Å²) >= 11 is 0. The molecule has 0 spiro atoms. The first-order valence-electron chi connectivity index (χ1n) is 4.54.